The number of hydrogen-bond donors (Lipinski definition) is 2. The van der Waals surface area contributed by atoms with Crippen molar-refractivity contribution < 1.29 is 29.0 Å². The lowest BCUT2D eigenvalue weighted by atomic mass is 9.49. The van der Waals surface area contributed by atoms with Crippen LogP contribution < -0.4 is 0 Å². The lowest BCUT2D eigenvalue weighted by Gasteiger charge is -2.56. The molecule has 10 rings (SSSR count). The van der Waals surface area contributed by atoms with Crippen LogP contribution in [0.5, 0.6) is 0 Å². The number of hydrogen-bond acceptors (Lipinski definition) is 5. The van der Waals surface area contributed by atoms with Gasteiger partial charge in [-0.25, -0.2) is 9.45 Å². The number of amides is 1. The smallest absolute Gasteiger partial charge is 0.249 e. The molecule has 364 valence electrons. The number of carbonyl (C=O) groups excluding carboxylic acids is 2. The van der Waals surface area contributed by atoms with Crippen molar-refractivity contribution in [1.29, 1.82) is 0 Å². The summed E-state index contributed by atoms with van der Waals surface area (Å²) in [5, 5.41) is 22.6. The molecule has 0 radical (unpaired) electrons. The van der Waals surface area contributed by atoms with E-state index < -0.39 is 11.2 Å². The van der Waals surface area contributed by atoms with Crippen molar-refractivity contribution in [1.82, 2.24) is 5.06 Å². The Morgan fingerprint density at radius 3 is 1.43 bits per heavy atom. The molecule has 0 heterocycles. The van der Waals surface area contributed by atoms with Gasteiger partial charge in [-0.3, -0.25) is 14.4 Å². The van der Waals surface area contributed by atoms with Crippen LogP contribution in [-0.4, -0.2) is 52.3 Å². The van der Waals surface area contributed by atoms with Crippen LogP contribution in [0, 0.1) is 102 Å². The van der Waals surface area contributed by atoms with Gasteiger partial charge in [-0.15, -0.1) is 0 Å². The van der Waals surface area contributed by atoms with Gasteiger partial charge in [0.2, 0.25) is 5.91 Å². The van der Waals surface area contributed by atoms with Gasteiger partial charge in [0.1, 0.15) is 5.82 Å². The summed E-state index contributed by atoms with van der Waals surface area (Å²) in [6, 6.07) is 14.6. The molecule has 2 aromatic rings. The third-order valence-electron chi connectivity index (χ3n) is 20.0. The predicted molar refractivity (Wildman–Crippen MR) is 262 cm³/mol. The summed E-state index contributed by atoms with van der Waals surface area (Å²) in [6.45, 7) is 12.9. The zero-order valence-electron chi connectivity index (χ0n) is 40.2. The molecule has 0 aliphatic heterocycles. The highest BCUT2D eigenvalue weighted by atomic mass is 19.1. The minimum absolute atomic E-state index is 0. The average molecular weight is 900 g/mol. The maximum Gasteiger partial charge on any atom is 0.249 e. The number of aliphatic hydroxyl groups is 2. The first kappa shape index (κ1) is 51.8. The standard InChI is InChI=1S/C27H38O2.C22H37NO3.C7H7F.2CH4/c1-17-4-6-18(7-5-17)25(28)24-11-10-23-22-9-8-19-16-26(2,29)14-12-20(19)21(22)13-15-27(23,24)3;1-21(25)11-9-15-14(13-21)5-6-17-16(15)10-12-22(2)18(17)7-8-19(22)20(24)23(3)26-4;1-6-2-4-7(8)5-3-6;;/h4-7,19-24,29H,8-16H2,1-3H3;14-19,25H,5-13H2,1-4H3;2-5H,1H3;2*1H4/t19-,20+,21-,22-,23+,24-,26-,27+;14-,15+,16-,17-,18+,19-,21-,22+;;;/m11.../s1. The van der Waals surface area contributed by atoms with Crippen LogP contribution in [0.2, 0.25) is 0 Å². The molecular weight excluding hydrogens is 810 g/mol. The predicted octanol–water partition coefficient (Wildman–Crippen LogP) is 13.6. The van der Waals surface area contributed by atoms with Crippen LogP contribution in [0.1, 0.15) is 180 Å². The van der Waals surface area contributed by atoms with Crippen LogP contribution in [0.3, 0.4) is 0 Å². The van der Waals surface area contributed by atoms with E-state index in [4.69, 9.17) is 4.84 Å². The molecule has 8 aliphatic rings. The number of halogens is 1. The summed E-state index contributed by atoms with van der Waals surface area (Å²) in [7, 11) is 3.34. The lowest BCUT2D eigenvalue weighted by Crippen LogP contribution is -2.51. The van der Waals surface area contributed by atoms with E-state index in [1.165, 1.54) is 99.8 Å². The Hall–Kier alpha value is -2.61. The number of fused-ring (bicyclic) bond motifs is 10. The number of aryl methyl sites for hydroxylation is 2. The first-order valence-electron chi connectivity index (χ1n) is 25.4. The second-order valence-corrected chi connectivity index (χ2v) is 23.7. The largest absolute Gasteiger partial charge is 0.390 e. The van der Waals surface area contributed by atoms with Crippen LogP contribution in [0.25, 0.3) is 0 Å². The van der Waals surface area contributed by atoms with Gasteiger partial charge < -0.3 is 10.2 Å². The molecule has 6 nitrogen and oxygen atoms in total. The molecule has 2 N–H and O–H groups in total. The Bertz CT molecular complexity index is 1890. The summed E-state index contributed by atoms with van der Waals surface area (Å²) < 4.78 is 12.1. The highest BCUT2D eigenvalue weighted by molar-refractivity contribution is 5.98. The number of rotatable bonds is 4. The molecule has 7 heteroatoms. The van der Waals surface area contributed by atoms with E-state index in [9.17, 15) is 24.2 Å². The number of carbonyl (C=O) groups is 2. The van der Waals surface area contributed by atoms with E-state index in [0.717, 1.165) is 103 Å². The van der Waals surface area contributed by atoms with Crippen molar-refractivity contribution in [2.75, 3.05) is 14.2 Å². The van der Waals surface area contributed by atoms with Gasteiger partial charge in [0, 0.05) is 24.4 Å². The van der Waals surface area contributed by atoms with Crippen LogP contribution in [0.15, 0.2) is 48.5 Å². The summed E-state index contributed by atoms with van der Waals surface area (Å²) in [5.41, 5.74) is 2.70. The number of Topliss-reactive ketones (excluding diaryl/α,β-unsaturated/α-hetero) is 1. The minimum atomic E-state index is -0.438. The molecule has 0 aromatic heterocycles. The molecule has 16 atom stereocenters. The maximum absolute atomic E-state index is 13.5. The van der Waals surface area contributed by atoms with E-state index in [0.29, 0.717) is 11.7 Å². The molecule has 1 amide bonds. The molecule has 8 aliphatic carbocycles. The van der Waals surface area contributed by atoms with Gasteiger partial charge in [-0.1, -0.05) is 76.2 Å². The van der Waals surface area contributed by atoms with E-state index >= 15 is 0 Å². The molecule has 0 spiro atoms. The van der Waals surface area contributed by atoms with Crippen LogP contribution in [-0.2, 0) is 9.63 Å². The molecule has 2 aromatic carbocycles. The Morgan fingerprint density at radius 1 is 0.569 bits per heavy atom. The van der Waals surface area contributed by atoms with Crippen molar-refractivity contribution in [2.24, 2.45) is 81.8 Å². The number of nitrogens with zero attached hydrogens (tertiary/aromatic N) is 1. The van der Waals surface area contributed by atoms with Crippen molar-refractivity contribution in [3.05, 3.63) is 71.0 Å². The molecular formula is C58H90FNO5. The van der Waals surface area contributed by atoms with E-state index in [1.54, 1.807) is 26.3 Å². The molecule has 0 bridgehead atoms. The Morgan fingerprint density at radius 2 is 0.985 bits per heavy atom. The third kappa shape index (κ3) is 10.2. The zero-order valence-corrected chi connectivity index (χ0v) is 40.2. The SMILES string of the molecule is C.C.CON(C)C(=O)[C@H]1CC[C@H]2[C@@H]3CC[C@@H]4C[C@](C)(O)CC[C@@H]4[C@H]3CC[C@]12C.Cc1ccc(C(=O)[C@H]2CC[C@H]3[C@@H]4CC[C@@H]5C[C@](C)(O)CC[C@@H]5[C@H]4CC[C@]23C)cc1.Cc1ccc(F)cc1. The van der Waals surface area contributed by atoms with E-state index in [-0.39, 0.29) is 49.2 Å². The third-order valence-corrected chi connectivity index (χ3v) is 20.0. The normalized spacial score (nSPS) is 42.1. The Labute approximate surface area is 394 Å². The van der Waals surface area contributed by atoms with Gasteiger partial charge in [-0.05, 0) is 225 Å². The highest BCUT2D eigenvalue weighted by Gasteiger charge is 2.61. The van der Waals surface area contributed by atoms with Crippen molar-refractivity contribution in [3.63, 3.8) is 0 Å². The molecule has 0 saturated heterocycles. The fourth-order valence-electron chi connectivity index (χ4n) is 16.8. The number of benzene rings is 2. The van der Waals surface area contributed by atoms with Gasteiger partial charge in [0.15, 0.2) is 5.78 Å². The Kier molecular flexibility index (Phi) is 16.1. The van der Waals surface area contributed by atoms with Crippen molar-refractivity contribution in [2.45, 2.75) is 183 Å². The summed E-state index contributed by atoms with van der Waals surface area (Å²) in [4.78, 5) is 31.5. The fourth-order valence-corrected chi connectivity index (χ4v) is 16.8. The summed E-state index contributed by atoms with van der Waals surface area (Å²) in [5.74, 6) is 8.55. The first-order chi connectivity index (χ1) is 29.8. The lowest BCUT2D eigenvalue weighted by molar-refractivity contribution is -0.180. The van der Waals surface area contributed by atoms with Gasteiger partial charge >= 0.3 is 0 Å². The van der Waals surface area contributed by atoms with E-state index in [1.807, 2.05) is 32.9 Å². The molecule has 8 saturated carbocycles. The van der Waals surface area contributed by atoms with Crippen LogP contribution in [0.4, 0.5) is 4.39 Å². The zero-order chi connectivity index (χ0) is 45.1. The topological polar surface area (TPSA) is 87.1 Å². The highest BCUT2D eigenvalue weighted by Crippen LogP contribution is 2.66. The second-order valence-electron chi connectivity index (χ2n) is 23.7. The average Bonchev–Trinajstić information content (AvgIpc) is 3.80. The summed E-state index contributed by atoms with van der Waals surface area (Å²) >= 11 is 0. The maximum atomic E-state index is 13.5. The van der Waals surface area contributed by atoms with Gasteiger partial charge in [-0.2, -0.15) is 0 Å². The van der Waals surface area contributed by atoms with Crippen LogP contribution >= 0.6 is 0 Å². The minimum Gasteiger partial charge on any atom is -0.390 e. The molecule has 0 unspecified atom stereocenters. The molecule has 8 fully saturated rings. The second kappa shape index (κ2) is 20.2. The number of hydroxylamine groups is 2. The van der Waals surface area contributed by atoms with Crippen molar-refractivity contribution in [3.8, 4) is 0 Å². The first-order valence-corrected chi connectivity index (χ1v) is 25.4. The Balaban J connectivity index is 0.000000180. The van der Waals surface area contributed by atoms with Crippen molar-refractivity contribution >= 4 is 11.7 Å². The molecule has 65 heavy (non-hydrogen) atoms. The van der Waals surface area contributed by atoms with Gasteiger partial charge in [0.05, 0.1) is 18.3 Å². The van der Waals surface area contributed by atoms with Gasteiger partial charge in [0.25, 0.3) is 0 Å². The monoisotopic (exact) mass is 900 g/mol. The van der Waals surface area contributed by atoms with E-state index in [2.05, 4.69) is 32.9 Å². The quantitative estimate of drug-likeness (QED) is 0.236. The number of ketones is 1. The summed E-state index contributed by atoms with van der Waals surface area (Å²) in [6.07, 6.45) is 21.2. The fraction of sp³-hybridized carbons (Fsp3) is 0.759.